The maximum atomic E-state index is 13.8. The number of amides is 2. The summed E-state index contributed by atoms with van der Waals surface area (Å²) in [5, 5.41) is 3.48. The number of anilines is 1. The fraction of sp³-hybridized carbons (Fsp3) is 0.481. The van der Waals surface area contributed by atoms with Crippen molar-refractivity contribution in [2.24, 2.45) is 0 Å². The molecule has 7 nitrogen and oxygen atoms in total. The lowest BCUT2D eigenvalue weighted by molar-refractivity contribution is -0.140. The molecule has 0 unspecified atom stereocenters. The van der Waals surface area contributed by atoms with Crippen LogP contribution in [0.3, 0.4) is 0 Å². The molecule has 0 bridgehead atoms. The number of nitrogens with zero attached hydrogens (tertiary/aromatic N) is 2. The largest absolute Gasteiger partial charge is 0.352 e. The Balaban J connectivity index is 1.95. The standard InChI is InChI=1S/C27H36ClN3O4S/c1-5-24(27(33)29-23-11-6-7-12-23)30(17-21-10-8-9-19(2)15-21)26(32)18-31(36(4,34)35)25-16-22(28)14-13-20(25)3/h8-10,13-16,23-24H,5-7,11-12,17-18H2,1-4H3,(H,29,33)/t24-/m0/s1. The molecule has 0 saturated heterocycles. The molecular weight excluding hydrogens is 498 g/mol. The molecule has 0 radical (unpaired) electrons. The van der Waals surface area contributed by atoms with Gasteiger partial charge in [-0.2, -0.15) is 0 Å². The summed E-state index contributed by atoms with van der Waals surface area (Å²) in [5.74, 6) is -0.648. The molecule has 1 atom stereocenters. The summed E-state index contributed by atoms with van der Waals surface area (Å²) in [6.45, 7) is 5.36. The molecule has 1 aliphatic carbocycles. The van der Waals surface area contributed by atoms with E-state index in [-0.39, 0.29) is 18.5 Å². The van der Waals surface area contributed by atoms with Gasteiger partial charge in [0.05, 0.1) is 11.9 Å². The Bertz CT molecular complexity index is 1200. The van der Waals surface area contributed by atoms with E-state index in [2.05, 4.69) is 5.32 Å². The monoisotopic (exact) mass is 533 g/mol. The average molecular weight is 534 g/mol. The van der Waals surface area contributed by atoms with E-state index in [1.165, 1.54) is 4.90 Å². The third kappa shape index (κ3) is 7.23. The molecule has 3 rings (SSSR count). The van der Waals surface area contributed by atoms with Crippen LogP contribution in [-0.2, 0) is 26.2 Å². The van der Waals surface area contributed by atoms with Crippen molar-refractivity contribution in [1.82, 2.24) is 10.2 Å². The number of carbonyl (C=O) groups excluding carboxylic acids is 2. The second-order valence-electron chi connectivity index (χ2n) is 9.63. The zero-order valence-corrected chi connectivity index (χ0v) is 23.0. The fourth-order valence-corrected chi connectivity index (χ4v) is 5.81. The summed E-state index contributed by atoms with van der Waals surface area (Å²) in [5.41, 5.74) is 2.93. The molecule has 196 valence electrons. The van der Waals surface area contributed by atoms with Crippen molar-refractivity contribution in [3.63, 3.8) is 0 Å². The third-order valence-corrected chi connectivity index (χ3v) is 8.00. The molecule has 0 aromatic heterocycles. The van der Waals surface area contributed by atoms with Crippen LogP contribution in [0.15, 0.2) is 42.5 Å². The van der Waals surface area contributed by atoms with Crippen molar-refractivity contribution < 1.29 is 18.0 Å². The van der Waals surface area contributed by atoms with Gasteiger partial charge in [-0.3, -0.25) is 13.9 Å². The zero-order valence-electron chi connectivity index (χ0n) is 21.5. The molecule has 0 aliphatic heterocycles. The third-order valence-electron chi connectivity index (χ3n) is 6.64. The van der Waals surface area contributed by atoms with Crippen LogP contribution < -0.4 is 9.62 Å². The van der Waals surface area contributed by atoms with Crippen LogP contribution in [0, 0.1) is 13.8 Å². The van der Waals surface area contributed by atoms with Gasteiger partial charge in [0.25, 0.3) is 0 Å². The topological polar surface area (TPSA) is 86.8 Å². The molecule has 36 heavy (non-hydrogen) atoms. The summed E-state index contributed by atoms with van der Waals surface area (Å²) in [4.78, 5) is 28.6. The van der Waals surface area contributed by atoms with Gasteiger partial charge in [0, 0.05) is 17.6 Å². The smallest absolute Gasteiger partial charge is 0.244 e. The summed E-state index contributed by atoms with van der Waals surface area (Å²) in [7, 11) is -3.81. The summed E-state index contributed by atoms with van der Waals surface area (Å²) < 4.78 is 26.7. The van der Waals surface area contributed by atoms with Crippen LogP contribution in [0.25, 0.3) is 0 Å². The highest BCUT2D eigenvalue weighted by Crippen LogP contribution is 2.27. The van der Waals surface area contributed by atoms with Gasteiger partial charge in [0.2, 0.25) is 21.8 Å². The van der Waals surface area contributed by atoms with Crippen LogP contribution in [0.1, 0.15) is 55.7 Å². The van der Waals surface area contributed by atoms with Crippen molar-refractivity contribution in [2.75, 3.05) is 17.1 Å². The summed E-state index contributed by atoms with van der Waals surface area (Å²) >= 11 is 6.16. The highest BCUT2D eigenvalue weighted by molar-refractivity contribution is 7.92. The lowest BCUT2D eigenvalue weighted by Crippen LogP contribution is -2.53. The Labute approximate surface area is 219 Å². The number of sulfonamides is 1. The van der Waals surface area contributed by atoms with Gasteiger partial charge in [-0.05, 0) is 56.4 Å². The molecule has 0 heterocycles. The van der Waals surface area contributed by atoms with E-state index in [0.717, 1.165) is 47.4 Å². The van der Waals surface area contributed by atoms with Gasteiger partial charge in [-0.1, -0.05) is 67.3 Å². The maximum absolute atomic E-state index is 13.8. The molecule has 2 aromatic rings. The SMILES string of the molecule is CC[C@@H](C(=O)NC1CCCC1)N(Cc1cccc(C)c1)C(=O)CN(c1cc(Cl)ccc1C)S(C)(=O)=O. The van der Waals surface area contributed by atoms with Gasteiger partial charge >= 0.3 is 0 Å². The second kappa shape index (κ2) is 12.1. The molecule has 2 aromatic carbocycles. The number of benzene rings is 2. The fourth-order valence-electron chi connectivity index (χ4n) is 4.74. The number of carbonyl (C=O) groups is 2. The van der Waals surface area contributed by atoms with E-state index < -0.39 is 28.5 Å². The van der Waals surface area contributed by atoms with E-state index in [0.29, 0.717) is 22.7 Å². The van der Waals surface area contributed by atoms with Gasteiger partial charge in [0.1, 0.15) is 12.6 Å². The van der Waals surface area contributed by atoms with Crippen LogP contribution in [0.2, 0.25) is 5.02 Å². The van der Waals surface area contributed by atoms with Crippen LogP contribution >= 0.6 is 11.6 Å². The molecular formula is C27H36ClN3O4S. The Hall–Kier alpha value is -2.58. The predicted molar refractivity (Wildman–Crippen MR) is 145 cm³/mol. The van der Waals surface area contributed by atoms with Gasteiger partial charge < -0.3 is 10.2 Å². The van der Waals surface area contributed by atoms with Crippen LogP contribution in [0.5, 0.6) is 0 Å². The van der Waals surface area contributed by atoms with E-state index in [9.17, 15) is 18.0 Å². The quantitative estimate of drug-likeness (QED) is 0.484. The first-order valence-electron chi connectivity index (χ1n) is 12.4. The summed E-state index contributed by atoms with van der Waals surface area (Å²) in [6.07, 6.45) is 5.50. The van der Waals surface area contributed by atoms with Crippen molar-refractivity contribution in [3.05, 3.63) is 64.2 Å². The minimum Gasteiger partial charge on any atom is -0.352 e. The minimum atomic E-state index is -3.81. The number of aryl methyl sites for hydroxylation is 2. The zero-order chi connectivity index (χ0) is 26.5. The Morgan fingerprint density at radius 2 is 1.81 bits per heavy atom. The average Bonchev–Trinajstić information content (AvgIpc) is 3.31. The lowest BCUT2D eigenvalue weighted by atomic mass is 10.1. The Morgan fingerprint density at radius 3 is 2.42 bits per heavy atom. The second-order valence-corrected chi connectivity index (χ2v) is 12.0. The first-order chi connectivity index (χ1) is 17.0. The minimum absolute atomic E-state index is 0.115. The Kier molecular flexibility index (Phi) is 9.41. The van der Waals surface area contributed by atoms with Gasteiger partial charge in [-0.25, -0.2) is 8.42 Å². The number of rotatable bonds is 10. The molecule has 1 aliphatic rings. The normalized spacial score (nSPS) is 14.9. The van der Waals surface area contributed by atoms with E-state index in [1.54, 1.807) is 25.1 Å². The highest BCUT2D eigenvalue weighted by atomic mass is 35.5. The van der Waals surface area contributed by atoms with Crippen molar-refractivity contribution in [3.8, 4) is 0 Å². The van der Waals surface area contributed by atoms with E-state index in [4.69, 9.17) is 11.6 Å². The van der Waals surface area contributed by atoms with Crippen molar-refractivity contribution in [2.45, 2.75) is 71.5 Å². The molecule has 2 amide bonds. The molecule has 0 spiro atoms. The van der Waals surface area contributed by atoms with Gasteiger partial charge in [0.15, 0.2) is 0 Å². The number of hydrogen-bond donors (Lipinski definition) is 1. The van der Waals surface area contributed by atoms with Crippen LogP contribution in [0.4, 0.5) is 5.69 Å². The number of nitrogens with one attached hydrogen (secondary N) is 1. The number of halogens is 1. The van der Waals surface area contributed by atoms with Crippen LogP contribution in [-0.4, -0.2) is 50.0 Å². The summed E-state index contributed by atoms with van der Waals surface area (Å²) in [6, 6.07) is 12.1. The van der Waals surface area contributed by atoms with E-state index >= 15 is 0 Å². The maximum Gasteiger partial charge on any atom is 0.244 e. The first kappa shape index (κ1) is 28.0. The van der Waals surface area contributed by atoms with E-state index in [1.807, 2.05) is 38.1 Å². The molecule has 1 fully saturated rings. The van der Waals surface area contributed by atoms with Crippen molar-refractivity contribution in [1.29, 1.82) is 0 Å². The Morgan fingerprint density at radius 1 is 1.11 bits per heavy atom. The molecule has 9 heteroatoms. The van der Waals surface area contributed by atoms with Gasteiger partial charge in [-0.15, -0.1) is 0 Å². The molecule has 1 N–H and O–H groups in total. The molecule has 1 saturated carbocycles. The first-order valence-corrected chi connectivity index (χ1v) is 14.6. The highest BCUT2D eigenvalue weighted by Gasteiger charge is 2.33. The van der Waals surface area contributed by atoms with Crippen molar-refractivity contribution >= 4 is 39.1 Å². The predicted octanol–water partition coefficient (Wildman–Crippen LogP) is 4.59. The lowest BCUT2D eigenvalue weighted by Gasteiger charge is -2.33. The number of hydrogen-bond acceptors (Lipinski definition) is 4.